The average molecular weight is 336 g/mol. The van der Waals surface area contributed by atoms with E-state index in [1.807, 2.05) is 11.8 Å². The van der Waals surface area contributed by atoms with Crippen molar-refractivity contribution in [3.05, 3.63) is 5.01 Å². The average Bonchev–Trinajstić information content (AvgIpc) is 2.90. The Labute approximate surface area is 130 Å². The fraction of sp³-hybridized carbons (Fsp3) is 0.750. The molecular weight excluding hydrogens is 318 g/mol. The summed E-state index contributed by atoms with van der Waals surface area (Å²) in [6.45, 7) is 2.10. The number of hydrogen-bond acceptors (Lipinski definition) is 5. The van der Waals surface area contributed by atoms with E-state index < -0.39 is 12.5 Å². The fourth-order valence-corrected chi connectivity index (χ4v) is 4.14. The molecule has 0 unspecified atom stereocenters. The van der Waals surface area contributed by atoms with E-state index >= 15 is 0 Å². The number of alkyl halides is 2. The van der Waals surface area contributed by atoms with Crippen molar-refractivity contribution >= 4 is 34.3 Å². The lowest BCUT2D eigenvalue weighted by Gasteiger charge is -2.31. The van der Waals surface area contributed by atoms with Crippen LogP contribution in [0.25, 0.3) is 0 Å². The highest BCUT2D eigenvalue weighted by molar-refractivity contribution is 7.99. The molecule has 0 saturated heterocycles. The summed E-state index contributed by atoms with van der Waals surface area (Å²) in [5.41, 5.74) is 0. The smallest absolute Gasteiger partial charge is 0.321 e. The molecular formula is C12H18F2N4OS2. The van der Waals surface area contributed by atoms with E-state index in [2.05, 4.69) is 27.8 Å². The van der Waals surface area contributed by atoms with Crippen LogP contribution in [0.1, 0.15) is 44.0 Å². The molecule has 1 aromatic heterocycles. The second-order valence-corrected chi connectivity index (χ2v) is 7.25. The quantitative estimate of drug-likeness (QED) is 0.861. The van der Waals surface area contributed by atoms with E-state index in [0.29, 0.717) is 16.6 Å². The monoisotopic (exact) mass is 336 g/mol. The van der Waals surface area contributed by atoms with Gasteiger partial charge in [0.25, 0.3) is 6.43 Å². The van der Waals surface area contributed by atoms with Crippen LogP contribution in [0.5, 0.6) is 0 Å². The third-order valence-corrected chi connectivity index (χ3v) is 5.42. The molecule has 0 aromatic carbocycles. The number of halogens is 2. The van der Waals surface area contributed by atoms with Gasteiger partial charge in [-0.25, -0.2) is 13.6 Å². The molecule has 1 fully saturated rings. The first-order chi connectivity index (χ1) is 10.1. The van der Waals surface area contributed by atoms with E-state index in [-0.39, 0.29) is 16.2 Å². The molecule has 0 radical (unpaired) electrons. The Balaban J connectivity index is 1.87. The number of thioether (sulfide) groups is 1. The molecule has 1 aliphatic carbocycles. The number of rotatable bonds is 5. The molecule has 2 amide bonds. The zero-order chi connectivity index (χ0) is 15.2. The minimum absolute atomic E-state index is 0.0957. The normalized spacial score (nSPS) is 22.3. The van der Waals surface area contributed by atoms with Gasteiger partial charge in [-0.05, 0) is 18.6 Å². The Morgan fingerprint density at radius 2 is 2.19 bits per heavy atom. The maximum atomic E-state index is 12.4. The molecule has 2 atom stereocenters. The van der Waals surface area contributed by atoms with Crippen molar-refractivity contribution in [2.24, 2.45) is 0 Å². The van der Waals surface area contributed by atoms with Gasteiger partial charge in [0.2, 0.25) is 5.13 Å². The molecule has 2 rings (SSSR count). The first-order valence-electron chi connectivity index (χ1n) is 6.90. The summed E-state index contributed by atoms with van der Waals surface area (Å²) < 4.78 is 24.8. The van der Waals surface area contributed by atoms with Gasteiger partial charge in [-0.1, -0.05) is 31.1 Å². The van der Waals surface area contributed by atoms with Crippen molar-refractivity contribution in [2.45, 2.75) is 50.3 Å². The Morgan fingerprint density at radius 3 is 2.86 bits per heavy atom. The number of urea groups is 1. The molecule has 9 heteroatoms. The minimum atomic E-state index is -2.66. The van der Waals surface area contributed by atoms with E-state index in [9.17, 15) is 13.6 Å². The number of hydrogen-bond donors (Lipinski definition) is 2. The molecule has 118 valence electrons. The lowest BCUT2D eigenvalue weighted by molar-refractivity contribution is 0.150. The molecule has 0 aliphatic heterocycles. The van der Waals surface area contributed by atoms with Crippen molar-refractivity contribution in [3.8, 4) is 0 Å². The molecule has 21 heavy (non-hydrogen) atoms. The van der Waals surface area contributed by atoms with Crippen LogP contribution in [-0.2, 0) is 0 Å². The molecule has 2 N–H and O–H groups in total. The summed E-state index contributed by atoms with van der Waals surface area (Å²) in [6, 6.07) is -0.285. The van der Waals surface area contributed by atoms with Crippen LogP contribution in [0.4, 0.5) is 18.7 Å². The summed E-state index contributed by atoms with van der Waals surface area (Å²) in [6.07, 6.45) is 1.66. The van der Waals surface area contributed by atoms with Crippen molar-refractivity contribution in [3.63, 3.8) is 0 Å². The van der Waals surface area contributed by atoms with Crippen LogP contribution in [0.15, 0.2) is 0 Å². The highest BCUT2D eigenvalue weighted by Gasteiger charge is 2.26. The Hall–Kier alpha value is -0.960. The summed E-state index contributed by atoms with van der Waals surface area (Å²) in [7, 11) is 0. The van der Waals surface area contributed by atoms with Gasteiger partial charge in [-0.2, -0.15) is 11.8 Å². The summed E-state index contributed by atoms with van der Waals surface area (Å²) in [5, 5.41) is 12.4. The predicted octanol–water partition coefficient (Wildman–Crippen LogP) is 3.66. The van der Waals surface area contributed by atoms with E-state index in [0.717, 1.165) is 25.0 Å². The standard InChI is InChI=1S/C12H18F2N4OS2/c1-2-20-8-6-4-3-5-7(8)15-11(19)16-12-18-17-10(21-12)9(13)14/h7-9H,2-6H2,1H3,(H2,15,16,18,19)/t7-,8+/m0/s1. The number of nitrogens with zero attached hydrogens (tertiary/aromatic N) is 2. The first-order valence-corrected chi connectivity index (χ1v) is 8.77. The van der Waals surface area contributed by atoms with Gasteiger partial charge >= 0.3 is 6.03 Å². The lowest BCUT2D eigenvalue weighted by atomic mass is 9.95. The van der Waals surface area contributed by atoms with Crippen LogP contribution in [0.2, 0.25) is 0 Å². The largest absolute Gasteiger partial charge is 0.334 e. The lowest BCUT2D eigenvalue weighted by Crippen LogP contribution is -2.45. The molecule has 0 bridgehead atoms. The van der Waals surface area contributed by atoms with Crippen LogP contribution in [0, 0.1) is 0 Å². The van der Waals surface area contributed by atoms with Gasteiger partial charge in [-0.3, -0.25) is 5.32 Å². The maximum absolute atomic E-state index is 12.4. The number of nitrogens with one attached hydrogen (secondary N) is 2. The summed E-state index contributed by atoms with van der Waals surface area (Å²) >= 11 is 2.54. The third kappa shape index (κ3) is 4.77. The zero-order valence-corrected chi connectivity index (χ0v) is 13.3. The van der Waals surface area contributed by atoms with Gasteiger partial charge < -0.3 is 5.32 Å². The van der Waals surface area contributed by atoms with Crippen molar-refractivity contribution in [2.75, 3.05) is 11.1 Å². The molecule has 1 aromatic rings. The molecule has 1 heterocycles. The van der Waals surface area contributed by atoms with E-state index in [1.54, 1.807) is 0 Å². The molecule has 1 aliphatic rings. The highest BCUT2D eigenvalue weighted by Crippen LogP contribution is 2.29. The van der Waals surface area contributed by atoms with Crippen LogP contribution in [-0.4, -0.2) is 33.3 Å². The van der Waals surface area contributed by atoms with Crippen molar-refractivity contribution < 1.29 is 13.6 Å². The minimum Gasteiger partial charge on any atom is -0.334 e. The van der Waals surface area contributed by atoms with Crippen LogP contribution >= 0.6 is 23.1 Å². The molecule has 0 spiro atoms. The number of carbonyl (C=O) groups excluding carboxylic acids is 1. The van der Waals surface area contributed by atoms with Gasteiger partial charge in [-0.15, -0.1) is 10.2 Å². The third-order valence-electron chi connectivity index (χ3n) is 3.25. The van der Waals surface area contributed by atoms with E-state index in [1.165, 1.54) is 6.42 Å². The van der Waals surface area contributed by atoms with Gasteiger partial charge in [0.1, 0.15) is 0 Å². The Bertz CT molecular complexity index is 470. The Kier molecular flexibility index (Phi) is 6.16. The maximum Gasteiger partial charge on any atom is 0.321 e. The van der Waals surface area contributed by atoms with E-state index in [4.69, 9.17) is 0 Å². The number of anilines is 1. The highest BCUT2D eigenvalue weighted by atomic mass is 32.2. The first kappa shape index (κ1) is 16.4. The topological polar surface area (TPSA) is 66.9 Å². The van der Waals surface area contributed by atoms with Crippen molar-refractivity contribution in [1.29, 1.82) is 0 Å². The number of carbonyl (C=O) groups is 1. The predicted molar refractivity (Wildman–Crippen MR) is 81.2 cm³/mol. The van der Waals surface area contributed by atoms with Gasteiger partial charge in [0.05, 0.1) is 0 Å². The van der Waals surface area contributed by atoms with Crippen molar-refractivity contribution in [1.82, 2.24) is 15.5 Å². The van der Waals surface area contributed by atoms with Crippen LogP contribution in [0.3, 0.4) is 0 Å². The number of amides is 2. The summed E-state index contributed by atoms with van der Waals surface area (Å²) in [5.74, 6) is 1.01. The van der Waals surface area contributed by atoms with Gasteiger partial charge in [0.15, 0.2) is 5.01 Å². The second kappa shape index (κ2) is 7.88. The molecule has 1 saturated carbocycles. The van der Waals surface area contributed by atoms with Crippen LogP contribution < -0.4 is 10.6 Å². The zero-order valence-electron chi connectivity index (χ0n) is 11.6. The fourth-order valence-electron chi connectivity index (χ4n) is 2.35. The Morgan fingerprint density at radius 1 is 1.43 bits per heavy atom. The number of aromatic nitrogens is 2. The molecule has 5 nitrogen and oxygen atoms in total. The van der Waals surface area contributed by atoms with Gasteiger partial charge in [0, 0.05) is 11.3 Å². The summed E-state index contributed by atoms with van der Waals surface area (Å²) in [4.78, 5) is 11.9. The SMILES string of the molecule is CCS[C@@H]1CCCC[C@@H]1NC(=O)Nc1nnc(C(F)F)s1. The second-order valence-electron chi connectivity index (χ2n) is 4.73.